The third-order valence-electron chi connectivity index (χ3n) is 4.25. The van der Waals surface area contributed by atoms with Crippen molar-refractivity contribution in [2.24, 2.45) is 0 Å². The van der Waals surface area contributed by atoms with Crippen molar-refractivity contribution in [3.63, 3.8) is 0 Å². The molecular weight excluding hydrogens is 494 g/mol. The number of anilines is 1. The number of carbonyl (C=O) groups excluding carboxylic acids is 3. The van der Waals surface area contributed by atoms with Crippen LogP contribution in [0.25, 0.3) is 11.4 Å². The van der Waals surface area contributed by atoms with E-state index in [4.69, 9.17) is 21.1 Å². The van der Waals surface area contributed by atoms with Crippen molar-refractivity contribution >= 4 is 47.0 Å². The Morgan fingerprint density at radius 1 is 1.03 bits per heavy atom. The Kier molecular flexibility index (Phi) is 9.81. The van der Waals surface area contributed by atoms with E-state index >= 15 is 0 Å². The summed E-state index contributed by atoms with van der Waals surface area (Å²) in [6.07, 6.45) is 3.27. The van der Waals surface area contributed by atoms with E-state index in [1.807, 2.05) is 18.2 Å². The molecule has 0 saturated heterocycles. The van der Waals surface area contributed by atoms with Gasteiger partial charge in [0.05, 0.1) is 40.9 Å². The lowest BCUT2D eigenvalue weighted by Gasteiger charge is -2.10. The molecule has 0 aliphatic heterocycles. The first-order valence-corrected chi connectivity index (χ1v) is 11.9. The molecule has 0 fully saturated rings. The van der Waals surface area contributed by atoms with Gasteiger partial charge in [-0.15, -0.1) is 0 Å². The number of amides is 2. The molecule has 3 rings (SSSR count). The molecular formula is C23H22ClN5O5S. The molecule has 0 bridgehead atoms. The Balaban J connectivity index is 1.38. The summed E-state index contributed by atoms with van der Waals surface area (Å²) in [6, 6.07) is 11.2. The second-order valence-electron chi connectivity index (χ2n) is 6.74. The van der Waals surface area contributed by atoms with Crippen molar-refractivity contribution in [3.05, 3.63) is 65.4 Å². The number of nitrogens with one attached hydrogen (secondary N) is 2. The average molecular weight is 516 g/mol. The van der Waals surface area contributed by atoms with Crippen LogP contribution in [0.3, 0.4) is 0 Å². The molecule has 10 nitrogen and oxygen atoms in total. The minimum Gasteiger partial charge on any atom is -0.463 e. The summed E-state index contributed by atoms with van der Waals surface area (Å²) in [5, 5.41) is 5.78. The molecule has 0 aliphatic rings. The van der Waals surface area contributed by atoms with Gasteiger partial charge in [0, 0.05) is 18.1 Å². The summed E-state index contributed by atoms with van der Waals surface area (Å²) in [6.45, 7) is 1.96. The summed E-state index contributed by atoms with van der Waals surface area (Å²) in [5.41, 5.74) is 1.87. The normalized spacial score (nSPS) is 10.3. The fourth-order valence-corrected chi connectivity index (χ4v) is 3.53. The summed E-state index contributed by atoms with van der Waals surface area (Å²) < 4.78 is 10.1. The van der Waals surface area contributed by atoms with E-state index in [0.717, 1.165) is 11.8 Å². The van der Waals surface area contributed by atoms with E-state index in [0.29, 0.717) is 22.2 Å². The number of thioether (sulfide) groups is 1. The first kappa shape index (κ1) is 25.9. The summed E-state index contributed by atoms with van der Waals surface area (Å²) >= 11 is 7.14. The van der Waals surface area contributed by atoms with Gasteiger partial charge in [0.15, 0.2) is 5.16 Å². The maximum atomic E-state index is 12.1. The minimum absolute atomic E-state index is 0.0132. The van der Waals surface area contributed by atoms with Crippen LogP contribution in [0.5, 0.6) is 0 Å². The summed E-state index contributed by atoms with van der Waals surface area (Å²) in [7, 11) is 0. The van der Waals surface area contributed by atoms with Gasteiger partial charge >= 0.3 is 18.0 Å². The molecule has 2 aromatic heterocycles. The van der Waals surface area contributed by atoms with E-state index in [1.165, 1.54) is 12.1 Å². The Morgan fingerprint density at radius 2 is 1.89 bits per heavy atom. The van der Waals surface area contributed by atoms with Crippen molar-refractivity contribution in [3.8, 4) is 11.4 Å². The molecule has 0 unspecified atom stereocenters. The third-order valence-corrected chi connectivity index (χ3v) is 5.41. The fourth-order valence-electron chi connectivity index (χ4n) is 2.71. The molecule has 0 aliphatic carbocycles. The molecule has 3 aromatic rings. The number of hydrogen-bond donors (Lipinski definition) is 2. The molecule has 2 N–H and O–H groups in total. The van der Waals surface area contributed by atoms with Gasteiger partial charge in [-0.2, -0.15) is 0 Å². The highest BCUT2D eigenvalue weighted by Gasteiger charge is 2.13. The maximum Gasteiger partial charge on any atom is 0.339 e. The molecule has 0 saturated carbocycles. The highest BCUT2D eigenvalue weighted by molar-refractivity contribution is 7.99. The first-order chi connectivity index (χ1) is 17.0. The summed E-state index contributed by atoms with van der Waals surface area (Å²) in [4.78, 5) is 48.7. The van der Waals surface area contributed by atoms with Crippen LogP contribution in [0.15, 0.2) is 60.0 Å². The topological polar surface area (TPSA) is 132 Å². The molecule has 35 heavy (non-hydrogen) atoms. The Bertz CT molecular complexity index is 1180. The number of ether oxygens (including phenoxy) is 2. The lowest BCUT2D eigenvalue weighted by atomic mass is 10.2. The van der Waals surface area contributed by atoms with Crippen LogP contribution in [0.4, 0.5) is 10.5 Å². The molecule has 0 radical (unpaired) electrons. The third kappa shape index (κ3) is 8.23. The monoisotopic (exact) mass is 515 g/mol. The predicted molar refractivity (Wildman–Crippen MR) is 131 cm³/mol. The largest absolute Gasteiger partial charge is 0.463 e. The van der Waals surface area contributed by atoms with Gasteiger partial charge in [0.2, 0.25) is 0 Å². The van der Waals surface area contributed by atoms with Gasteiger partial charge in [-0.3, -0.25) is 9.78 Å². The van der Waals surface area contributed by atoms with Gasteiger partial charge < -0.3 is 20.1 Å². The number of rotatable bonds is 10. The van der Waals surface area contributed by atoms with Crippen LogP contribution < -0.4 is 10.6 Å². The van der Waals surface area contributed by atoms with Gasteiger partial charge in [-0.1, -0.05) is 29.4 Å². The van der Waals surface area contributed by atoms with Crippen molar-refractivity contribution in [1.82, 2.24) is 20.3 Å². The minimum atomic E-state index is -0.583. The van der Waals surface area contributed by atoms with Gasteiger partial charge in [0.1, 0.15) is 6.61 Å². The maximum absolute atomic E-state index is 12.1. The smallest absolute Gasteiger partial charge is 0.339 e. The first-order valence-electron chi connectivity index (χ1n) is 10.5. The van der Waals surface area contributed by atoms with Crippen molar-refractivity contribution in [1.29, 1.82) is 0 Å². The van der Waals surface area contributed by atoms with Crippen molar-refractivity contribution in [2.75, 3.05) is 30.8 Å². The molecule has 182 valence electrons. The zero-order valence-corrected chi connectivity index (χ0v) is 20.3. The summed E-state index contributed by atoms with van der Waals surface area (Å²) in [5.74, 6) is -1.04. The number of esters is 2. The molecule has 1 aromatic carbocycles. The standard InChI is InChI=1S/C23H22ClN5O5S/c1-2-33-21(31)16-13-15(6-7-17(16)24)28-22(32)26-11-12-34-20(30)14-35-23-27-10-8-19(29-23)18-5-3-4-9-25-18/h3-10,13H,2,11-12,14H2,1H3,(H2,26,28,32). The van der Waals surface area contributed by atoms with Crippen LogP contribution in [-0.4, -0.2) is 58.4 Å². The van der Waals surface area contributed by atoms with E-state index in [-0.39, 0.29) is 36.1 Å². The molecule has 2 amide bonds. The Hall–Kier alpha value is -3.70. The van der Waals surface area contributed by atoms with Gasteiger partial charge in [-0.25, -0.2) is 19.6 Å². The zero-order chi connectivity index (χ0) is 25.0. The number of pyridine rings is 1. The number of aromatic nitrogens is 3. The molecule has 12 heteroatoms. The fraction of sp³-hybridized carbons (Fsp3) is 0.217. The van der Waals surface area contributed by atoms with Gasteiger partial charge in [0.25, 0.3) is 0 Å². The van der Waals surface area contributed by atoms with Crippen LogP contribution in [0.2, 0.25) is 5.02 Å². The van der Waals surface area contributed by atoms with E-state index in [1.54, 1.807) is 31.5 Å². The molecule has 0 atom stereocenters. The highest BCUT2D eigenvalue weighted by Crippen LogP contribution is 2.21. The van der Waals surface area contributed by atoms with E-state index in [2.05, 4.69) is 25.6 Å². The number of hydrogen-bond acceptors (Lipinski definition) is 9. The van der Waals surface area contributed by atoms with Crippen molar-refractivity contribution < 1.29 is 23.9 Å². The van der Waals surface area contributed by atoms with Crippen LogP contribution >= 0.6 is 23.4 Å². The van der Waals surface area contributed by atoms with Crippen LogP contribution in [0.1, 0.15) is 17.3 Å². The van der Waals surface area contributed by atoms with Crippen LogP contribution in [0, 0.1) is 0 Å². The van der Waals surface area contributed by atoms with Gasteiger partial charge in [-0.05, 0) is 43.3 Å². The lowest BCUT2D eigenvalue weighted by Crippen LogP contribution is -2.32. The SMILES string of the molecule is CCOC(=O)c1cc(NC(=O)NCCOC(=O)CSc2nccc(-c3ccccn3)n2)ccc1Cl. The number of halogens is 1. The number of benzene rings is 1. The second kappa shape index (κ2) is 13.3. The van der Waals surface area contributed by atoms with Crippen molar-refractivity contribution in [2.45, 2.75) is 12.1 Å². The van der Waals surface area contributed by atoms with E-state index in [9.17, 15) is 14.4 Å². The van der Waals surface area contributed by atoms with E-state index < -0.39 is 18.0 Å². The quantitative estimate of drug-likeness (QED) is 0.179. The van der Waals surface area contributed by atoms with Crippen LogP contribution in [-0.2, 0) is 14.3 Å². The predicted octanol–water partition coefficient (Wildman–Crippen LogP) is 3.83. The number of urea groups is 1. The number of nitrogens with zero attached hydrogens (tertiary/aromatic N) is 3. The number of carbonyl (C=O) groups is 3. The Labute approximate surface area is 210 Å². The zero-order valence-electron chi connectivity index (χ0n) is 18.7. The average Bonchev–Trinajstić information content (AvgIpc) is 2.87. The Morgan fingerprint density at radius 3 is 2.66 bits per heavy atom. The highest BCUT2D eigenvalue weighted by atomic mass is 35.5. The second-order valence-corrected chi connectivity index (χ2v) is 8.09. The molecule has 0 spiro atoms. The lowest BCUT2D eigenvalue weighted by molar-refractivity contribution is -0.140. The molecule has 2 heterocycles.